The molecule has 1 heterocycles. The summed E-state index contributed by atoms with van der Waals surface area (Å²) in [4.78, 5) is 0. The Kier molecular flexibility index (Phi) is 6.75. The quantitative estimate of drug-likeness (QED) is 0.291. The molecule has 1 aliphatic heterocycles. The van der Waals surface area contributed by atoms with Gasteiger partial charge in [0.05, 0.1) is 0 Å². The highest BCUT2D eigenvalue weighted by Gasteiger charge is 2.48. The number of rotatable bonds is 6. The standard InChI is InChI=1S/C30H32NP2/c1-24-17-19-28(20-18-24)33(31,27-15-9-4-10-16-27)23-32-29(25-11-5-2-6-12-25)21-22-30(32)26-13-7-3-8-14-26/h2-20,29-30H,21-23,31H2,1H3/q+1/t29-,30-,33?/m0/s1. The highest BCUT2D eigenvalue weighted by atomic mass is 31.2. The summed E-state index contributed by atoms with van der Waals surface area (Å²) < 4.78 is 0. The SMILES string of the molecule is Cc1ccc([P+](N)(CP2[C@H](c3ccccc3)CC[C@H]2c2ccccc2)c2ccccc2)cc1. The summed E-state index contributed by atoms with van der Waals surface area (Å²) in [5.74, 6) is 1.09. The van der Waals surface area contributed by atoms with Gasteiger partial charge in [-0.15, -0.1) is 0 Å². The summed E-state index contributed by atoms with van der Waals surface area (Å²) in [7, 11) is -2.37. The van der Waals surface area contributed by atoms with Gasteiger partial charge in [0.2, 0.25) is 0 Å². The fourth-order valence-corrected chi connectivity index (χ4v) is 14.3. The molecule has 0 saturated carbocycles. The first-order chi connectivity index (χ1) is 16.1. The number of nitrogens with two attached hydrogens (primary N) is 1. The Labute approximate surface area is 200 Å². The summed E-state index contributed by atoms with van der Waals surface area (Å²) >= 11 is 0. The van der Waals surface area contributed by atoms with E-state index >= 15 is 0 Å². The Bertz CT molecular complexity index is 1110. The van der Waals surface area contributed by atoms with E-state index in [1.54, 1.807) is 0 Å². The molecule has 0 aliphatic carbocycles. The lowest BCUT2D eigenvalue weighted by Gasteiger charge is -2.32. The van der Waals surface area contributed by atoms with Crippen molar-refractivity contribution >= 4 is 25.9 Å². The van der Waals surface area contributed by atoms with Crippen LogP contribution in [0, 0.1) is 6.92 Å². The van der Waals surface area contributed by atoms with Crippen molar-refractivity contribution in [3.05, 3.63) is 132 Å². The van der Waals surface area contributed by atoms with Crippen molar-refractivity contribution in [2.45, 2.75) is 31.1 Å². The average molecular weight is 469 g/mol. The van der Waals surface area contributed by atoms with E-state index in [4.69, 9.17) is 5.50 Å². The molecule has 0 amide bonds. The molecular weight excluding hydrogens is 436 g/mol. The summed E-state index contributed by atoms with van der Waals surface area (Å²) in [6.45, 7) is 2.15. The fourth-order valence-electron chi connectivity index (χ4n) is 5.20. The van der Waals surface area contributed by atoms with Gasteiger partial charge in [-0.1, -0.05) is 96.6 Å². The Morgan fingerprint density at radius 2 is 1.06 bits per heavy atom. The van der Waals surface area contributed by atoms with Gasteiger partial charge < -0.3 is 0 Å². The Hall–Kier alpha value is -2.30. The molecule has 0 bridgehead atoms. The predicted octanol–water partition coefficient (Wildman–Crippen LogP) is 7.55. The van der Waals surface area contributed by atoms with E-state index in [0.29, 0.717) is 11.3 Å². The highest BCUT2D eigenvalue weighted by Crippen LogP contribution is 2.76. The molecule has 3 heteroatoms. The lowest BCUT2D eigenvalue weighted by Crippen LogP contribution is -2.31. The lowest BCUT2D eigenvalue weighted by atomic mass is 10.0. The van der Waals surface area contributed by atoms with Crippen LogP contribution in [0.5, 0.6) is 0 Å². The van der Waals surface area contributed by atoms with Crippen LogP contribution in [0.15, 0.2) is 115 Å². The minimum Gasteiger partial charge on any atom is -0.195 e. The van der Waals surface area contributed by atoms with Gasteiger partial charge >= 0.3 is 0 Å². The Morgan fingerprint density at radius 1 is 0.636 bits per heavy atom. The second-order valence-corrected chi connectivity index (χ2v) is 15.3. The first-order valence-electron chi connectivity index (χ1n) is 11.8. The van der Waals surface area contributed by atoms with Crippen LogP contribution in [-0.4, -0.2) is 5.90 Å². The fraction of sp³-hybridized carbons (Fsp3) is 0.200. The summed E-state index contributed by atoms with van der Waals surface area (Å²) in [6, 6.07) is 42.3. The summed E-state index contributed by atoms with van der Waals surface area (Å²) in [5, 5.41) is 2.65. The van der Waals surface area contributed by atoms with Crippen molar-refractivity contribution in [2.75, 3.05) is 5.90 Å². The molecule has 5 rings (SSSR count). The maximum atomic E-state index is 7.58. The Morgan fingerprint density at radius 3 is 1.55 bits per heavy atom. The molecule has 3 atom stereocenters. The molecule has 1 saturated heterocycles. The van der Waals surface area contributed by atoms with Crippen molar-refractivity contribution in [1.82, 2.24) is 0 Å². The second kappa shape index (κ2) is 9.90. The van der Waals surface area contributed by atoms with Crippen LogP contribution in [0.2, 0.25) is 0 Å². The monoisotopic (exact) mass is 468 g/mol. The van der Waals surface area contributed by atoms with Crippen molar-refractivity contribution in [1.29, 1.82) is 0 Å². The minimum atomic E-state index is -2.03. The normalized spacial score (nSPS) is 20.4. The van der Waals surface area contributed by atoms with E-state index in [2.05, 4.69) is 122 Å². The van der Waals surface area contributed by atoms with Gasteiger partial charge in [-0.3, -0.25) is 0 Å². The zero-order valence-corrected chi connectivity index (χ0v) is 21.0. The van der Waals surface area contributed by atoms with E-state index in [1.807, 2.05) is 0 Å². The molecule has 1 nitrogen and oxygen atoms in total. The maximum absolute atomic E-state index is 7.58. The second-order valence-electron chi connectivity index (χ2n) is 9.13. The summed E-state index contributed by atoms with van der Waals surface area (Å²) in [5.41, 5.74) is 13.0. The largest absolute Gasteiger partial charge is 0.195 e. The molecule has 166 valence electrons. The number of hydrogen-bond acceptors (Lipinski definition) is 1. The van der Waals surface area contributed by atoms with Gasteiger partial charge in [0.1, 0.15) is 23.9 Å². The van der Waals surface area contributed by atoms with Gasteiger partial charge in [0.25, 0.3) is 0 Å². The molecule has 0 spiro atoms. The van der Waals surface area contributed by atoms with Crippen LogP contribution in [0.25, 0.3) is 0 Å². The van der Waals surface area contributed by atoms with Crippen molar-refractivity contribution in [2.24, 2.45) is 5.50 Å². The van der Waals surface area contributed by atoms with Crippen LogP contribution in [0.4, 0.5) is 0 Å². The topological polar surface area (TPSA) is 26.0 Å². The number of aryl methyl sites for hydroxylation is 1. The zero-order chi connectivity index (χ0) is 22.7. The van der Waals surface area contributed by atoms with Crippen LogP contribution >= 0.6 is 15.3 Å². The highest BCUT2D eigenvalue weighted by molar-refractivity contribution is 7.94. The molecular formula is C30H32NP2+. The van der Waals surface area contributed by atoms with E-state index in [0.717, 1.165) is 5.90 Å². The smallest absolute Gasteiger partial charge is 0.147 e. The predicted molar refractivity (Wildman–Crippen MR) is 147 cm³/mol. The molecule has 4 aromatic rings. The molecule has 4 aromatic carbocycles. The van der Waals surface area contributed by atoms with Crippen LogP contribution in [-0.2, 0) is 0 Å². The van der Waals surface area contributed by atoms with Gasteiger partial charge in [-0.25, -0.2) is 0 Å². The zero-order valence-electron chi connectivity index (χ0n) is 19.2. The molecule has 0 aromatic heterocycles. The van der Waals surface area contributed by atoms with Gasteiger partial charge in [0, 0.05) is 11.3 Å². The van der Waals surface area contributed by atoms with E-state index < -0.39 is 7.41 Å². The van der Waals surface area contributed by atoms with Crippen molar-refractivity contribution < 1.29 is 0 Å². The van der Waals surface area contributed by atoms with Crippen LogP contribution < -0.4 is 16.1 Å². The van der Waals surface area contributed by atoms with Crippen LogP contribution in [0.3, 0.4) is 0 Å². The number of benzene rings is 4. The number of hydrogen-bond donors (Lipinski definition) is 1. The molecule has 33 heavy (non-hydrogen) atoms. The van der Waals surface area contributed by atoms with Gasteiger partial charge in [-0.2, -0.15) is 5.50 Å². The minimum absolute atomic E-state index is 0.343. The molecule has 1 unspecified atom stereocenters. The third kappa shape index (κ3) is 4.69. The van der Waals surface area contributed by atoms with Crippen molar-refractivity contribution in [3.63, 3.8) is 0 Å². The average Bonchev–Trinajstić information content (AvgIpc) is 3.29. The molecule has 2 N–H and O–H groups in total. The van der Waals surface area contributed by atoms with E-state index in [9.17, 15) is 0 Å². The van der Waals surface area contributed by atoms with E-state index in [1.165, 1.54) is 40.1 Å². The molecule has 1 aliphatic rings. The van der Waals surface area contributed by atoms with Crippen LogP contribution in [0.1, 0.15) is 40.8 Å². The van der Waals surface area contributed by atoms with E-state index in [-0.39, 0.29) is 7.92 Å². The third-order valence-electron chi connectivity index (χ3n) is 6.98. The van der Waals surface area contributed by atoms with Gasteiger partial charge in [0.15, 0.2) is 0 Å². The summed E-state index contributed by atoms with van der Waals surface area (Å²) in [6.07, 6.45) is 2.50. The Balaban J connectivity index is 1.60. The molecule has 1 fully saturated rings. The lowest BCUT2D eigenvalue weighted by molar-refractivity contribution is 0.765. The molecule has 0 radical (unpaired) electrons. The first-order valence-corrected chi connectivity index (χ1v) is 15.5. The maximum Gasteiger partial charge on any atom is 0.147 e. The first kappa shape index (κ1) is 22.5. The third-order valence-corrected chi connectivity index (χ3v) is 15.2. The van der Waals surface area contributed by atoms with Gasteiger partial charge in [-0.05, 0) is 63.1 Å². The van der Waals surface area contributed by atoms with Crippen molar-refractivity contribution in [3.8, 4) is 0 Å².